The molecule has 1 aliphatic rings. The van der Waals surface area contributed by atoms with E-state index in [-0.39, 0.29) is 3.42 Å². The van der Waals surface area contributed by atoms with Crippen LogP contribution in [0.4, 0.5) is 0 Å². The molecule has 0 aromatic carbocycles. The summed E-state index contributed by atoms with van der Waals surface area (Å²) in [6.07, 6.45) is 9.21. The summed E-state index contributed by atoms with van der Waals surface area (Å²) in [4.78, 5) is 0. The molecule has 3 unspecified atom stereocenters. The van der Waals surface area contributed by atoms with Gasteiger partial charge in [0.15, 0.2) is 0 Å². The van der Waals surface area contributed by atoms with Crippen LogP contribution < -0.4 is 5.32 Å². The maximum Gasteiger partial charge on any atom is 0.0479 e. The van der Waals surface area contributed by atoms with E-state index in [1.807, 2.05) is 0 Å². The first kappa shape index (κ1) is 16.0. The van der Waals surface area contributed by atoms with Crippen molar-refractivity contribution in [2.75, 3.05) is 7.05 Å². The minimum absolute atomic E-state index is 0.223. The molecular formula is C14H23I2N. The lowest BCUT2D eigenvalue weighted by Gasteiger charge is -2.30. The molecule has 3 heteroatoms. The molecule has 17 heavy (non-hydrogen) atoms. The molecule has 0 spiro atoms. The van der Waals surface area contributed by atoms with Gasteiger partial charge in [-0.05, 0) is 45.2 Å². The van der Waals surface area contributed by atoms with Gasteiger partial charge in [0, 0.05) is 12.9 Å². The van der Waals surface area contributed by atoms with Crippen LogP contribution in [0.25, 0.3) is 0 Å². The number of alkyl halides is 2. The quantitative estimate of drug-likeness (QED) is 0.281. The van der Waals surface area contributed by atoms with Crippen LogP contribution >= 0.6 is 45.2 Å². The first-order valence-corrected chi connectivity index (χ1v) is 8.36. The van der Waals surface area contributed by atoms with Gasteiger partial charge >= 0.3 is 0 Å². The molecule has 98 valence electrons. The highest BCUT2D eigenvalue weighted by Crippen LogP contribution is 2.46. The second-order valence-electron chi connectivity index (χ2n) is 5.30. The normalized spacial score (nSPS) is 39.2. The van der Waals surface area contributed by atoms with E-state index in [9.17, 15) is 0 Å². The average Bonchev–Trinajstić information content (AvgIpc) is 2.37. The van der Waals surface area contributed by atoms with E-state index in [1.54, 1.807) is 0 Å². The molecule has 0 bridgehead atoms. The van der Waals surface area contributed by atoms with Crippen molar-refractivity contribution in [1.29, 1.82) is 0 Å². The maximum absolute atomic E-state index is 4.27. The zero-order valence-electron chi connectivity index (χ0n) is 11.0. The van der Waals surface area contributed by atoms with Gasteiger partial charge in [-0.25, -0.2) is 0 Å². The third-order valence-electron chi connectivity index (χ3n) is 3.64. The van der Waals surface area contributed by atoms with E-state index < -0.39 is 0 Å². The number of halogens is 2. The molecule has 3 atom stereocenters. The maximum atomic E-state index is 4.27. The van der Waals surface area contributed by atoms with Gasteiger partial charge in [-0.2, -0.15) is 0 Å². The molecule has 1 nitrogen and oxygen atoms in total. The van der Waals surface area contributed by atoms with Gasteiger partial charge in [0.25, 0.3) is 0 Å². The molecular weight excluding hydrogens is 436 g/mol. The van der Waals surface area contributed by atoms with Gasteiger partial charge in [-0.3, -0.25) is 0 Å². The molecule has 1 rings (SSSR count). The molecule has 0 radical (unpaired) electrons. The van der Waals surface area contributed by atoms with Gasteiger partial charge < -0.3 is 5.32 Å². The first-order valence-electron chi connectivity index (χ1n) is 6.20. The Bertz CT molecular complexity index is 309. The number of hydrogen-bond acceptors (Lipinski definition) is 1. The van der Waals surface area contributed by atoms with E-state index in [2.05, 4.69) is 90.1 Å². The Kier molecular flexibility index (Phi) is 5.98. The summed E-state index contributed by atoms with van der Waals surface area (Å²) in [5.41, 5.74) is 1.27. The number of hydrogen-bond donors (Lipinski definition) is 1. The van der Waals surface area contributed by atoms with E-state index in [0.29, 0.717) is 9.46 Å². The highest BCUT2D eigenvalue weighted by molar-refractivity contribution is 14.1. The van der Waals surface area contributed by atoms with Crippen molar-refractivity contribution in [2.45, 2.75) is 52.4 Å². The second-order valence-corrected chi connectivity index (χ2v) is 9.97. The van der Waals surface area contributed by atoms with Gasteiger partial charge in [0.1, 0.15) is 0 Å². The molecule has 1 aliphatic carbocycles. The summed E-state index contributed by atoms with van der Waals surface area (Å²) in [6, 6.07) is 0.596. The Morgan fingerprint density at radius 3 is 2.53 bits per heavy atom. The summed E-state index contributed by atoms with van der Waals surface area (Å²) in [7, 11) is 2.08. The van der Waals surface area contributed by atoms with Crippen molar-refractivity contribution >= 4 is 45.2 Å². The summed E-state index contributed by atoms with van der Waals surface area (Å²) in [5, 5.41) is 3.48. The van der Waals surface area contributed by atoms with Crippen molar-refractivity contribution in [2.24, 2.45) is 0 Å². The standard InChI is InChI=1S/C14H23I2N/c1-5-6-11(2)14(16)8-7-13(3,15)9-12(10-14)17-4/h5-6,12,17H,2,7-10H2,1,3-4H3/b6-5+. The molecule has 0 aromatic rings. The minimum Gasteiger partial charge on any atom is -0.317 e. The number of allylic oxidation sites excluding steroid dienone is 3. The van der Waals surface area contributed by atoms with Gasteiger partial charge in [-0.1, -0.05) is 70.8 Å². The predicted molar refractivity (Wildman–Crippen MR) is 94.4 cm³/mol. The summed E-state index contributed by atoms with van der Waals surface area (Å²) in [5.74, 6) is 0. The van der Waals surface area contributed by atoms with Gasteiger partial charge in [0.2, 0.25) is 0 Å². The van der Waals surface area contributed by atoms with Crippen LogP contribution in [0, 0.1) is 0 Å². The van der Waals surface area contributed by atoms with Crippen molar-refractivity contribution < 1.29 is 0 Å². The average molecular weight is 459 g/mol. The van der Waals surface area contributed by atoms with Crippen molar-refractivity contribution in [3.63, 3.8) is 0 Å². The third kappa shape index (κ3) is 4.49. The van der Waals surface area contributed by atoms with Crippen LogP contribution in [0.2, 0.25) is 0 Å². The largest absolute Gasteiger partial charge is 0.317 e. The van der Waals surface area contributed by atoms with Crippen LogP contribution in [-0.2, 0) is 0 Å². The topological polar surface area (TPSA) is 12.0 Å². The first-order chi connectivity index (χ1) is 7.83. The Labute approximate surface area is 133 Å². The lowest BCUT2D eigenvalue weighted by molar-refractivity contribution is 0.459. The highest BCUT2D eigenvalue weighted by Gasteiger charge is 2.39. The van der Waals surface area contributed by atoms with Crippen molar-refractivity contribution in [3.8, 4) is 0 Å². The van der Waals surface area contributed by atoms with E-state index in [1.165, 1.54) is 31.3 Å². The van der Waals surface area contributed by atoms with E-state index in [4.69, 9.17) is 0 Å². The van der Waals surface area contributed by atoms with Crippen LogP contribution in [-0.4, -0.2) is 19.9 Å². The lowest BCUT2D eigenvalue weighted by atomic mass is 9.90. The minimum atomic E-state index is 0.223. The third-order valence-corrected chi connectivity index (χ3v) is 6.29. The van der Waals surface area contributed by atoms with Crippen molar-refractivity contribution in [1.82, 2.24) is 5.32 Å². The van der Waals surface area contributed by atoms with Crippen LogP contribution in [0.3, 0.4) is 0 Å². The Morgan fingerprint density at radius 2 is 2.00 bits per heavy atom. The molecule has 0 aliphatic heterocycles. The van der Waals surface area contributed by atoms with Crippen LogP contribution in [0.1, 0.15) is 39.5 Å². The second kappa shape index (κ2) is 6.37. The Balaban J connectivity index is 2.90. The summed E-state index contributed by atoms with van der Waals surface area (Å²) < 4.78 is 0.634. The van der Waals surface area contributed by atoms with Crippen molar-refractivity contribution in [3.05, 3.63) is 24.3 Å². The molecule has 1 saturated carbocycles. The fourth-order valence-electron chi connectivity index (χ4n) is 2.49. The van der Waals surface area contributed by atoms with E-state index in [0.717, 1.165) is 0 Å². The molecule has 1 fully saturated rings. The van der Waals surface area contributed by atoms with Gasteiger partial charge in [0.05, 0.1) is 0 Å². The van der Waals surface area contributed by atoms with Gasteiger partial charge in [-0.15, -0.1) is 0 Å². The number of rotatable bonds is 3. The summed E-state index contributed by atoms with van der Waals surface area (Å²) in [6.45, 7) is 8.72. The monoisotopic (exact) mass is 459 g/mol. The predicted octanol–water partition coefficient (Wildman–Crippen LogP) is 4.65. The highest BCUT2D eigenvalue weighted by atomic mass is 127. The Hall–Kier alpha value is 0.900. The zero-order chi connectivity index (χ0) is 13.1. The molecule has 0 amide bonds. The smallest absolute Gasteiger partial charge is 0.0479 e. The molecule has 0 saturated heterocycles. The zero-order valence-corrected chi connectivity index (χ0v) is 15.3. The molecule has 0 heterocycles. The fourth-order valence-corrected chi connectivity index (χ4v) is 4.27. The van der Waals surface area contributed by atoms with Crippen LogP contribution in [0.15, 0.2) is 24.3 Å². The SMILES string of the molecule is C=C(/C=C/C)C1(I)CCC(C)(I)CC(NC)C1. The number of nitrogens with one attached hydrogen (secondary N) is 1. The van der Waals surface area contributed by atoms with Crippen LogP contribution in [0.5, 0.6) is 0 Å². The van der Waals surface area contributed by atoms with E-state index >= 15 is 0 Å². The lowest BCUT2D eigenvalue weighted by Crippen LogP contribution is -2.35. The molecule has 0 aromatic heterocycles. The molecule has 1 N–H and O–H groups in total. The summed E-state index contributed by atoms with van der Waals surface area (Å²) >= 11 is 5.25. The Morgan fingerprint density at radius 1 is 1.35 bits per heavy atom. The fraction of sp³-hybridized carbons (Fsp3) is 0.714.